The Hall–Kier alpha value is -1.95. The third-order valence-corrected chi connectivity index (χ3v) is 25.2. The van der Waals surface area contributed by atoms with Gasteiger partial charge in [0.15, 0.2) is 37.6 Å². The van der Waals surface area contributed by atoms with E-state index in [0.717, 1.165) is 5.57 Å². The summed E-state index contributed by atoms with van der Waals surface area (Å²) >= 11 is 0. The van der Waals surface area contributed by atoms with Gasteiger partial charge in [-0.2, -0.15) is 0 Å². The molecule has 0 unspecified atom stereocenters. The molecule has 31 nitrogen and oxygen atoms in total. The lowest BCUT2D eigenvalue weighted by molar-refractivity contribution is -0.388. The van der Waals surface area contributed by atoms with Crippen LogP contribution in [-0.4, -0.2) is 315 Å². The minimum Gasteiger partial charge on any atom is -0.432 e. The molecule has 4 saturated carbocycles. The molecule has 18 N–H and O–H groups in total. The lowest BCUT2D eigenvalue weighted by atomic mass is 9.33. The molecule has 0 bridgehead atoms. The van der Waals surface area contributed by atoms with Gasteiger partial charge in [-0.05, 0) is 116 Å². The Bertz CT molecular complexity index is 2710. The van der Waals surface area contributed by atoms with E-state index in [9.17, 15) is 91.9 Å². The molecule has 552 valence electrons. The van der Waals surface area contributed by atoms with Gasteiger partial charge in [0.25, 0.3) is 0 Å². The predicted octanol–water partition coefficient (Wildman–Crippen LogP) is -4.72. The van der Waals surface area contributed by atoms with Gasteiger partial charge < -0.3 is 149 Å². The van der Waals surface area contributed by atoms with Crippen LogP contribution in [0.15, 0.2) is 11.6 Å². The van der Waals surface area contributed by atoms with Crippen molar-refractivity contribution in [3.8, 4) is 0 Å². The fraction of sp³-hybridized carbons (Fsp3) is 0.954. The molecule has 96 heavy (non-hydrogen) atoms. The summed E-state index contributed by atoms with van der Waals surface area (Å²) in [5.41, 5.74) is -3.17. The standard InChI is InChI=1S/C65H106O31/c1-24-36(71)40(75)45(80)54(86-24)94-51-48(83)57(90-31(22-68)50(51)93-53-44(79)37(72)28(69)23-85-53)91-35-13-14-62(7)32(61(35,5)6)12-15-63(8)33(62)11-10-26-27-18-60(3,4)16-17-65(27,34(70)19-64(26,63)9)59(84)96-58-52(42(77)39(74)30(21-67)89-58)95-55-47(82)43(78)49(25(2)87-55)92-56-46(81)41(76)38(73)29(20-66)88-56/h10,24-25,27-58,66-83H,11-23H2,1-9H3/t24-,25-,27-,28+,29+,30+,31+,32-,33+,34+,35-,36-,37-,38+,39+,40+,41-,42-,43-,44+,45+,46+,47+,48+,49-,50+,51+,52+,53-,54-,55-,56-,57-,58-,62-,63+,64+,65+/m0/s1. The second-order valence-electron chi connectivity index (χ2n) is 31.5. The largest absolute Gasteiger partial charge is 0.432 e. The van der Waals surface area contributed by atoms with Crippen LogP contribution in [0.4, 0.5) is 0 Å². The normalized spacial score (nSPS) is 54.9. The molecule has 6 aliphatic heterocycles. The highest BCUT2D eigenvalue weighted by Crippen LogP contribution is 2.76. The summed E-state index contributed by atoms with van der Waals surface area (Å²) in [6.45, 7) is 15.2. The number of allylic oxidation sites excluding steroid dienone is 2. The van der Waals surface area contributed by atoms with E-state index < -0.39 is 250 Å². The lowest BCUT2D eigenvalue weighted by Gasteiger charge is -2.72. The number of fused-ring (bicyclic) bond motifs is 7. The van der Waals surface area contributed by atoms with Crippen LogP contribution in [0.5, 0.6) is 0 Å². The maximum Gasteiger partial charge on any atom is 0.317 e. The van der Waals surface area contributed by atoms with Gasteiger partial charge in [0.2, 0.25) is 6.29 Å². The van der Waals surface area contributed by atoms with Crippen molar-refractivity contribution in [2.75, 3.05) is 26.4 Å². The first-order valence-corrected chi connectivity index (χ1v) is 34.1. The SMILES string of the molecule is C[C@@H]1O[C@@H](O[C@@H]2[C@@H](O)[C@H](O[C@H]3CC[C@]4(C)[C@H]5CC=C6[C@@H]7CC(C)(C)CC[C@]7(C(=O)O[C@@H]7O[C@H](CO)[C@@H](O)[C@H](O)[C@H]7O[C@@H]7O[C@@H](C)[C@H](O[C@@H]8O[C@H](CO)[C@@H](O)[C@H](O)[C@H]8O)[C@@H](O)[C@H]7O)[C@H](O)C[C@@]6(C)[C@]5(C)CC[C@H]4C3(C)C)O[C@H](CO)[C@H]2O[C@@H]2OC[C@@H](O)[C@H](O)[C@H]2O)[C@H](O)[C@H](O)[C@H]1O. The minimum absolute atomic E-state index is 0.00663. The van der Waals surface area contributed by atoms with Gasteiger partial charge in [-0.25, -0.2) is 0 Å². The van der Waals surface area contributed by atoms with E-state index in [-0.39, 0.29) is 35.5 Å². The molecular formula is C65H106O31. The van der Waals surface area contributed by atoms with Crippen molar-refractivity contribution in [1.82, 2.24) is 0 Å². The highest BCUT2D eigenvalue weighted by Gasteiger charge is 2.73. The Balaban J connectivity index is 0.823. The first kappa shape index (κ1) is 75.2. The number of rotatable bonds is 15. The number of carbonyl (C=O) groups is 1. The molecule has 0 amide bonds. The van der Waals surface area contributed by atoms with Gasteiger partial charge in [0.05, 0.1) is 50.8 Å². The molecule has 38 atom stereocenters. The molecule has 11 aliphatic rings. The zero-order chi connectivity index (χ0) is 70.2. The molecule has 6 heterocycles. The van der Waals surface area contributed by atoms with Crippen molar-refractivity contribution in [2.45, 2.75) is 310 Å². The van der Waals surface area contributed by atoms with Gasteiger partial charge in [-0.1, -0.05) is 60.1 Å². The molecular weight excluding hydrogens is 1280 g/mol. The van der Waals surface area contributed by atoms with Crippen molar-refractivity contribution in [1.29, 1.82) is 0 Å². The smallest absolute Gasteiger partial charge is 0.317 e. The summed E-state index contributed by atoms with van der Waals surface area (Å²) in [6, 6.07) is 0. The van der Waals surface area contributed by atoms with Crippen LogP contribution < -0.4 is 0 Å². The third kappa shape index (κ3) is 12.6. The highest BCUT2D eigenvalue weighted by atomic mass is 16.8. The Morgan fingerprint density at radius 1 is 0.479 bits per heavy atom. The molecule has 31 heteroatoms. The number of carbonyl (C=O) groups excluding carboxylic acids is 1. The van der Waals surface area contributed by atoms with Crippen molar-refractivity contribution >= 4 is 5.97 Å². The summed E-state index contributed by atoms with van der Waals surface area (Å²) in [7, 11) is 0. The zero-order valence-electron chi connectivity index (χ0n) is 55.8. The maximum atomic E-state index is 15.7. The molecule has 0 aromatic carbocycles. The van der Waals surface area contributed by atoms with E-state index in [4.69, 9.17) is 56.8 Å². The Labute approximate surface area is 556 Å². The second-order valence-corrected chi connectivity index (χ2v) is 31.5. The van der Waals surface area contributed by atoms with E-state index in [1.807, 2.05) is 0 Å². The Morgan fingerprint density at radius 3 is 1.65 bits per heavy atom. The van der Waals surface area contributed by atoms with Crippen LogP contribution in [0.25, 0.3) is 0 Å². The average Bonchev–Trinajstić information content (AvgIpc) is 0.679. The number of esters is 1. The number of hydrogen-bond donors (Lipinski definition) is 18. The second kappa shape index (κ2) is 27.9. The topological polar surface area (TPSA) is 492 Å². The number of ether oxygens (including phenoxy) is 12. The van der Waals surface area contributed by atoms with Gasteiger partial charge in [-0.3, -0.25) is 4.79 Å². The summed E-state index contributed by atoms with van der Waals surface area (Å²) in [5, 5.41) is 198. The zero-order valence-corrected chi connectivity index (χ0v) is 55.8. The molecule has 6 saturated heterocycles. The fourth-order valence-corrected chi connectivity index (χ4v) is 19.2. The van der Waals surface area contributed by atoms with Gasteiger partial charge in [0.1, 0.15) is 127 Å². The molecule has 0 aromatic rings. The van der Waals surface area contributed by atoms with E-state index in [0.29, 0.717) is 44.9 Å². The molecule has 11 rings (SSSR count). The van der Waals surface area contributed by atoms with Crippen molar-refractivity contribution in [3.63, 3.8) is 0 Å². The average molecular weight is 1380 g/mol. The quantitative estimate of drug-likeness (QED) is 0.0416. The van der Waals surface area contributed by atoms with Gasteiger partial charge >= 0.3 is 5.97 Å². The number of aliphatic hydroxyl groups is 18. The van der Waals surface area contributed by atoms with Gasteiger partial charge in [0, 0.05) is 0 Å². The Morgan fingerprint density at radius 2 is 1.00 bits per heavy atom. The van der Waals surface area contributed by atoms with Crippen molar-refractivity contribution < 1.29 is 154 Å². The van der Waals surface area contributed by atoms with Crippen LogP contribution in [0.3, 0.4) is 0 Å². The minimum atomic E-state index is -2.02. The molecule has 0 spiro atoms. The molecule has 0 radical (unpaired) electrons. The van der Waals surface area contributed by atoms with E-state index >= 15 is 4.79 Å². The fourth-order valence-electron chi connectivity index (χ4n) is 19.2. The molecule has 0 aromatic heterocycles. The number of hydrogen-bond acceptors (Lipinski definition) is 31. The van der Waals surface area contributed by atoms with Crippen LogP contribution in [-0.2, 0) is 61.6 Å². The first-order valence-electron chi connectivity index (χ1n) is 34.1. The van der Waals surface area contributed by atoms with Crippen LogP contribution in [0.1, 0.15) is 120 Å². The van der Waals surface area contributed by atoms with Crippen molar-refractivity contribution in [3.05, 3.63) is 11.6 Å². The Kier molecular flexibility index (Phi) is 21.9. The predicted molar refractivity (Wildman–Crippen MR) is 321 cm³/mol. The first-order chi connectivity index (χ1) is 45.0. The van der Waals surface area contributed by atoms with Crippen LogP contribution in [0, 0.1) is 50.2 Å². The summed E-state index contributed by atoms with van der Waals surface area (Å²) < 4.78 is 72.5. The summed E-state index contributed by atoms with van der Waals surface area (Å²) in [5.74, 6) is -1.52. The maximum absolute atomic E-state index is 15.7. The number of aliphatic hydroxyl groups excluding tert-OH is 18. The third-order valence-electron chi connectivity index (χ3n) is 25.2. The van der Waals surface area contributed by atoms with Gasteiger partial charge in [-0.15, -0.1) is 0 Å². The molecule has 5 aliphatic carbocycles. The van der Waals surface area contributed by atoms with Crippen LogP contribution in [0.2, 0.25) is 0 Å². The van der Waals surface area contributed by atoms with Crippen molar-refractivity contribution in [2.24, 2.45) is 50.2 Å². The highest BCUT2D eigenvalue weighted by molar-refractivity contribution is 5.80. The van der Waals surface area contributed by atoms with Crippen LogP contribution >= 0.6 is 0 Å². The monoisotopic (exact) mass is 1380 g/mol. The van der Waals surface area contributed by atoms with E-state index in [2.05, 4.69) is 54.5 Å². The summed E-state index contributed by atoms with van der Waals surface area (Å²) in [4.78, 5) is 15.7. The van der Waals surface area contributed by atoms with E-state index in [1.165, 1.54) is 13.8 Å². The van der Waals surface area contributed by atoms with E-state index in [1.54, 1.807) is 0 Å². The lowest BCUT2D eigenvalue weighted by Crippen LogP contribution is -2.69. The molecule has 10 fully saturated rings. The summed E-state index contributed by atoms with van der Waals surface area (Å²) in [6.07, 6.45) is -43.8.